The number of carbonyl (C=O) groups is 1. The first kappa shape index (κ1) is 17.7. The standard InChI is InChI=1S/C22H26BrNO4/c23-8-10-27-16-4-3-14-11-17-22(26)6-5-15(25)20-21(22,18(14)19(16)28-20)7-9-24(17)12-13-1-2-13/h3-4,13,17,20,26H,1-2,5-12H2/t17-,20+,21+,22-/m1/s1. The number of hydrogen-bond acceptors (Lipinski definition) is 5. The number of likely N-dealkylation sites (tertiary alicyclic amines) is 1. The van der Waals surface area contributed by atoms with E-state index in [4.69, 9.17) is 9.47 Å². The van der Waals surface area contributed by atoms with Gasteiger partial charge in [0.1, 0.15) is 0 Å². The zero-order chi connectivity index (χ0) is 19.1. The van der Waals surface area contributed by atoms with Gasteiger partial charge in [0.25, 0.3) is 0 Å². The van der Waals surface area contributed by atoms with Crippen LogP contribution in [-0.2, 0) is 16.6 Å². The highest BCUT2D eigenvalue weighted by molar-refractivity contribution is 9.09. The van der Waals surface area contributed by atoms with Crippen LogP contribution in [0.2, 0.25) is 0 Å². The van der Waals surface area contributed by atoms with Crippen molar-refractivity contribution < 1.29 is 19.4 Å². The molecule has 0 unspecified atom stereocenters. The lowest BCUT2D eigenvalue weighted by atomic mass is 9.49. The van der Waals surface area contributed by atoms with E-state index in [9.17, 15) is 9.90 Å². The average molecular weight is 448 g/mol. The van der Waals surface area contributed by atoms with Crippen molar-refractivity contribution in [2.75, 3.05) is 25.0 Å². The van der Waals surface area contributed by atoms with Crippen LogP contribution in [0.1, 0.15) is 43.2 Å². The van der Waals surface area contributed by atoms with Crippen LogP contribution >= 0.6 is 15.9 Å². The normalized spacial score (nSPS) is 38.1. The Kier molecular flexibility index (Phi) is 3.77. The summed E-state index contributed by atoms with van der Waals surface area (Å²) in [4.78, 5) is 15.5. The monoisotopic (exact) mass is 447 g/mol. The van der Waals surface area contributed by atoms with Crippen LogP contribution in [-0.4, -0.2) is 58.6 Å². The summed E-state index contributed by atoms with van der Waals surface area (Å²) in [6, 6.07) is 4.21. The number of carbonyl (C=O) groups excluding carboxylic acids is 1. The molecule has 4 atom stereocenters. The molecule has 28 heavy (non-hydrogen) atoms. The minimum atomic E-state index is -0.898. The molecule has 1 aromatic carbocycles. The van der Waals surface area contributed by atoms with Gasteiger partial charge in [-0.1, -0.05) is 22.0 Å². The summed E-state index contributed by atoms with van der Waals surface area (Å²) >= 11 is 3.41. The Morgan fingerprint density at radius 1 is 1.32 bits per heavy atom. The van der Waals surface area contributed by atoms with Gasteiger partial charge in [0.05, 0.1) is 17.6 Å². The summed E-state index contributed by atoms with van der Waals surface area (Å²) in [5.41, 5.74) is 0.797. The number of aliphatic hydroxyl groups is 1. The number of ether oxygens (including phenoxy) is 2. The van der Waals surface area contributed by atoms with E-state index < -0.39 is 17.1 Å². The number of piperidine rings is 1. The van der Waals surface area contributed by atoms with Gasteiger partial charge in [0, 0.05) is 29.9 Å². The fraction of sp³-hybridized carbons (Fsp3) is 0.682. The quantitative estimate of drug-likeness (QED) is 0.702. The first-order valence-electron chi connectivity index (χ1n) is 10.6. The maximum atomic E-state index is 13.0. The van der Waals surface area contributed by atoms with Crippen LogP contribution in [0.25, 0.3) is 0 Å². The number of halogens is 1. The number of benzene rings is 1. The molecule has 3 aliphatic carbocycles. The van der Waals surface area contributed by atoms with E-state index in [-0.39, 0.29) is 11.8 Å². The van der Waals surface area contributed by atoms with Crippen molar-refractivity contribution in [3.8, 4) is 11.5 Å². The van der Waals surface area contributed by atoms with Crippen molar-refractivity contribution in [3.63, 3.8) is 0 Å². The zero-order valence-corrected chi connectivity index (χ0v) is 17.5. The number of rotatable bonds is 5. The smallest absolute Gasteiger partial charge is 0.174 e. The lowest BCUT2D eigenvalue weighted by molar-refractivity contribution is -0.188. The van der Waals surface area contributed by atoms with Gasteiger partial charge in [-0.15, -0.1) is 0 Å². The number of ketones is 1. The number of nitrogens with zero attached hydrogens (tertiary/aromatic N) is 1. The molecule has 1 spiro atoms. The fourth-order valence-electron chi connectivity index (χ4n) is 6.52. The molecule has 0 radical (unpaired) electrons. The second kappa shape index (κ2) is 5.96. The molecular weight excluding hydrogens is 422 g/mol. The van der Waals surface area contributed by atoms with Gasteiger partial charge in [0.2, 0.25) is 0 Å². The molecule has 0 amide bonds. The second-order valence-electron chi connectivity index (χ2n) is 9.23. The summed E-state index contributed by atoms with van der Waals surface area (Å²) < 4.78 is 12.3. The van der Waals surface area contributed by atoms with Crippen LogP contribution in [0, 0.1) is 5.92 Å². The van der Waals surface area contributed by atoms with Gasteiger partial charge in [0.15, 0.2) is 23.4 Å². The van der Waals surface area contributed by atoms with Gasteiger partial charge in [-0.25, -0.2) is 0 Å². The SMILES string of the molecule is O=C1CC[C@@]2(O)[C@H]3Cc4ccc(OCCBr)c5c4[C@@]2(CCN3CC2CC2)[C@H]1O5. The Morgan fingerprint density at radius 2 is 2.18 bits per heavy atom. The molecule has 5 aliphatic rings. The summed E-state index contributed by atoms with van der Waals surface area (Å²) in [6.07, 6.45) is 4.61. The maximum Gasteiger partial charge on any atom is 0.174 e. The number of hydrogen-bond donors (Lipinski definition) is 1. The van der Waals surface area contributed by atoms with Gasteiger partial charge < -0.3 is 14.6 Å². The molecule has 2 bridgehead atoms. The molecule has 1 saturated heterocycles. The molecule has 5 nitrogen and oxygen atoms in total. The minimum Gasteiger partial charge on any atom is -0.489 e. The molecule has 1 aromatic rings. The van der Waals surface area contributed by atoms with Crippen molar-refractivity contribution in [1.82, 2.24) is 4.90 Å². The first-order chi connectivity index (χ1) is 13.6. The lowest BCUT2D eigenvalue weighted by Gasteiger charge is -2.62. The van der Waals surface area contributed by atoms with E-state index in [1.807, 2.05) is 6.07 Å². The van der Waals surface area contributed by atoms with Crippen LogP contribution in [0.15, 0.2) is 12.1 Å². The molecule has 2 heterocycles. The summed E-state index contributed by atoms with van der Waals surface area (Å²) in [5, 5.41) is 12.9. The molecule has 150 valence electrons. The summed E-state index contributed by atoms with van der Waals surface area (Å²) in [7, 11) is 0. The van der Waals surface area contributed by atoms with E-state index in [0.29, 0.717) is 30.9 Å². The van der Waals surface area contributed by atoms with Crippen molar-refractivity contribution >= 4 is 21.7 Å². The Morgan fingerprint density at radius 3 is 2.96 bits per heavy atom. The molecule has 1 N–H and O–H groups in total. The molecule has 0 aromatic heterocycles. The third-order valence-electron chi connectivity index (χ3n) is 7.88. The molecule has 6 rings (SSSR count). The van der Waals surface area contributed by atoms with E-state index in [2.05, 4.69) is 26.9 Å². The van der Waals surface area contributed by atoms with E-state index >= 15 is 0 Å². The van der Waals surface area contributed by atoms with Gasteiger partial charge >= 0.3 is 0 Å². The molecule has 2 saturated carbocycles. The Balaban J connectivity index is 1.51. The third kappa shape index (κ3) is 2.12. The van der Waals surface area contributed by atoms with Crippen LogP contribution in [0.5, 0.6) is 11.5 Å². The highest BCUT2D eigenvalue weighted by atomic mass is 79.9. The number of alkyl halides is 1. The van der Waals surface area contributed by atoms with Gasteiger partial charge in [-0.3, -0.25) is 9.69 Å². The average Bonchev–Trinajstić information content (AvgIpc) is 3.42. The second-order valence-corrected chi connectivity index (χ2v) is 10.0. The lowest BCUT2D eigenvalue weighted by Crippen LogP contribution is -2.76. The highest BCUT2D eigenvalue weighted by Gasteiger charge is 2.73. The third-order valence-corrected chi connectivity index (χ3v) is 8.20. The van der Waals surface area contributed by atoms with Crippen molar-refractivity contribution in [2.45, 2.75) is 61.7 Å². The maximum absolute atomic E-state index is 13.0. The van der Waals surface area contributed by atoms with Gasteiger partial charge in [-0.05, 0) is 56.2 Å². The summed E-state index contributed by atoms with van der Waals surface area (Å²) in [5.74, 6) is 2.34. The fourth-order valence-corrected chi connectivity index (χ4v) is 6.68. The largest absolute Gasteiger partial charge is 0.489 e. The van der Waals surface area contributed by atoms with E-state index in [0.717, 1.165) is 42.7 Å². The molecule has 6 heteroatoms. The molecular formula is C22H26BrNO4. The molecule has 3 fully saturated rings. The van der Waals surface area contributed by atoms with E-state index in [1.54, 1.807) is 0 Å². The van der Waals surface area contributed by atoms with E-state index in [1.165, 1.54) is 18.4 Å². The summed E-state index contributed by atoms with van der Waals surface area (Å²) in [6.45, 7) is 2.56. The van der Waals surface area contributed by atoms with Crippen LogP contribution < -0.4 is 9.47 Å². The Hall–Kier alpha value is -1.11. The zero-order valence-electron chi connectivity index (χ0n) is 16.0. The highest BCUT2D eigenvalue weighted by Crippen LogP contribution is 2.65. The Bertz CT molecular complexity index is 855. The predicted octanol–water partition coefficient (Wildman–Crippen LogP) is 2.59. The minimum absolute atomic E-state index is 0.0776. The van der Waals surface area contributed by atoms with Crippen LogP contribution in [0.4, 0.5) is 0 Å². The number of Topliss-reactive ketones (excluding diaryl/α,β-unsaturated/α-hetero) is 1. The Labute approximate surface area is 173 Å². The van der Waals surface area contributed by atoms with Crippen LogP contribution in [0.3, 0.4) is 0 Å². The van der Waals surface area contributed by atoms with Crippen molar-refractivity contribution in [2.24, 2.45) is 5.92 Å². The first-order valence-corrected chi connectivity index (χ1v) is 11.7. The molecule has 2 aliphatic heterocycles. The van der Waals surface area contributed by atoms with Crippen molar-refractivity contribution in [3.05, 3.63) is 23.3 Å². The topological polar surface area (TPSA) is 59.0 Å². The van der Waals surface area contributed by atoms with Gasteiger partial charge in [-0.2, -0.15) is 0 Å². The predicted molar refractivity (Wildman–Crippen MR) is 107 cm³/mol. The van der Waals surface area contributed by atoms with Crippen molar-refractivity contribution in [1.29, 1.82) is 0 Å².